The molecule has 1 aromatic rings. The highest BCUT2D eigenvalue weighted by atomic mass is 16.3. The molecule has 1 amide bonds. The summed E-state index contributed by atoms with van der Waals surface area (Å²) in [5.41, 5.74) is 0.528. The molecule has 0 heterocycles. The number of aliphatic hydroxyl groups is 2. The quantitative estimate of drug-likeness (QED) is 0.746. The first kappa shape index (κ1) is 11.7. The highest BCUT2D eigenvalue weighted by molar-refractivity contribution is 5.80. The lowest BCUT2D eigenvalue weighted by molar-refractivity contribution is -0.143. The molecule has 0 aliphatic carbocycles. The molecule has 0 spiro atoms. The van der Waals surface area contributed by atoms with Crippen molar-refractivity contribution < 1.29 is 15.0 Å². The molecule has 0 fully saturated rings. The van der Waals surface area contributed by atoms with Crippen LogP contribution in [0.3, 0.4) is 0 Å². The fourth-order valence-corrected chi connectivity index (χ4v) is 1.23. The maximum absolute atomic E-state index is 11.4. The van der Waals surface area contributed by atoms with Crippen LogP contribution in [0, 0.1) is 0 Å². The van der Waals surface area contributed by atoms with Crippen molar-refractivity contribution in [2.45, 2.75) is 12.2 Å². The Kier molecular flexibility index (Phi) is 3.82. The van der Waals surface area contributed by atoms with E-state index in [-0.39, 0.29) is 0 Å². The molecule has 0 aromatic heterocycles. The van der Waals surface area contributed by atoms with Crippen molar-refractivity contribution in [3.05, 3.63) is 35.9 Å². The molecular weight excluding hydrogens is 194 g/mol. The van der Waals surface area contributed by atoms with Gasteiger partial charge in [0.15, 0.2) is 6.10 Å². The average Bonchev–Trinajstić information content (AvgIpc) is 2.27. The Morgan fingerprint density at radius 2 is 1.73 bits per heavy atom. The second-order valence-corrected chi connectivity index (χ2v) is 3.53. The summed E-state index contributed by atoms with van der Waals surface area (Å²) in [5, 5.41) is 19.3. The average molecular weight is 209 g/mol. The van der Waals surface area contributed by atoms with Gasteiger partial charge in [-0.25, -0.2) is 0 Å². The third-order valence-corrected chi connectivity index (χ3v) is 2.13. The third kappa shape index (κ3) is 2.78. The number of likely N-dealkylation sites (N-methyl/N-ethyl adjacent to an activating group) is 1. The first-order chi connectivity index (χ1) is 7.04. The molecule has 1 rings (SSSR count). The van der Waals surface area contributed by atoms with E-state index in [1.54, 1.807) is 30.3 Å². The van der Waals surface area contributed by atoms with Crippen LogP contribution >= 0.6 is 0 Å². The second-order valence-electron chi connectivity index (χ2n) is 3.53. The first-order valence-electron chi connectivity index (χ1n) is 4.66. The van der Waals surface area contributed by atoms with Crippen molar-refractivity contribution in [3.63, 3.8) is 0 Å². The molecular formula is C11H15NO3. The van der Waals surface area contributed by atoms with E-state index in [1.165, 1.54) is 19.0 Å². The van der Waals surface area contributed by atoms with Crippen LogP contribution in [-0.4, -0.2) is 41.2 Å². The predicted octanol–water partition coefficient (Wildman–Crippen LogP) is 0.169. The summed E-state index contributed by atoms with van der Waals surface area (Å²) in [5.74, 6) is -0.508. The van der Waals surface area contributed by atoms with Gasteiger partial charge in [0.2, 0.25) is 0 Å². The van der Waals surface area contributed by atoms with Gasteiger partial charge in [0.05, 0.1) is 0 Å². The van der Waals surface area contributed by atoms with Crippen LogP contribution in [-0.2, 0) is 4.79 Å². The maximum atomic E-state index is 11.4. The van der Waals surface area contributed by atoms with E-state index in [4.69, 9.17) is 0 Å². The van der Waals surface area contributed by atoms with Crippen LogP contribution in [0.15, 0.2) is 30.3 Å². The molecule has 2 N–H and O–H groups in total. The van der Waals surface area contributed by atoms with E-state index in [0.29, 0.717) is 5.56 Å². The van der Waals surface area contributed by atoms with E-state index in [9.17, 15) is 15.0 Å². The summed E-state index contributed by atoms with van der Waals surface area (Å²) in [4.78, 5) is 12.6. The Bertz CT molecular complexity index is 324. The largest absolute Gasteiger partial charge is 0.385 e. The normalized spacial score (nSPS) is 14.4. The smallest absolute Gasteiger partial charge is 0.253 e. The van der Waals surface area contributed by atoms with E-state index in [2.05, 4.69) is 0 Å². The zero-order chi connectivity index (χ0) is 11.4. The molecule has 0 radical (unpaired) electrons. The predicted molar refractivity (Wildman–Crippen MR) is 56.1 cm³/mol. The Hall–Kier alpha value is -1.39. The highest BCUT2D eigenvalue weighted by Crippen LogP contribution is 2.17. The van der Waals surface area contributed by atoms with Crippen LogP contribution < -0.4 is 0 Å². The molecule has 0 saturated carbocycles. The molecule has 82 valence electrons. The van der Waals surface area contributed by atoms with E-state index in [0.717, 1.165) is 0 Å². The number of carbonyl (C=O) groups is 1. The summed E-state index contributed by atoms with van der Waals surface area (Å²) in [6, 6.07) is 8.61. The van der Waals surface area contributed by atoms with Crippen molar-refractivity contribution in [2.24, 2.45) is 0 Å². The number of aliphatic hydroxyl groups excluding tert-OH is 2. The molecule has 0 unspecified atom stereocenters. The van der Waals surface area contributed by atoms with Crippen molar-refractivity contribution in [3.8, 4) is 0 Å². The standard InChI is InChI=1S/C11H15NO3/c1-12(2)11(15)10(14)9(13)8-6-4-3-5-7-8/h3-7,9-10,13-14H,1-2H3/t9-,10-/m1/s1. The van der Waals surface area contributed by atoms with Gasteiger partial charge in [-0.05, 0) is 5.56 Å². The monoisotopic (exact) mass is 209 g/mol. The van der Waals surface area contributed by atoms with Gasteiger partial charge in [-0.3, -0.25) is 4.79 Å². The van der Waals surface area contributed by atoms with Gasteiger partial charge in [0.25, 0.3) is 5.91 Å². The van der Waals surface area contributed by atoms with Gasteiger partial charge < -0.3 is 15.1 Å². The lowest BCUT2D eigenvalue weighted by Crippen LogP contribution is -2.37. The maximum Gasteiger partial charge on any atom is 0.253 e. The van der Waals surface area contributed by atoms with Crippen LogP contribution in [0.5, 0.6) is 0 Å². The Labute approximate surface area is 88.8 Å². The summed E-state index contributed by atoms with van der Waals surface area (Å²) in [6.45, 7) is 0. The molecule has 15 heavy (non-hydrogen) atoms. The van der Waals surface area contributed by atoms with Crippen molar-refractivity contribution in [1.82, 2.24) is 4.90 Å². The summed E-state index contributed by atoms with van der Waals surface area (Å²) in [6.07, 6.45) is -2.59. The zero-order valence-corrected chi connectivity index (χ0v) is 8.79. The SMILES string of the molecule is CN(C)C(=O)[C@H](O)[C@H](O)c1ccccc1. The number of carbonyl (C=O) groups excluding carboxylic acids is 1. The summed E-state index contributed by atoms with van der Waals surface area (Å²) < 4.78 is 0. The van der Waals surface area contributed by atoms with Crippen LogP contribution in [0.2, 0.25) is 0 Å². The van der Waals surface area contributed by atoms with Gasteiger partial charge in [-0.15, -0.1) is 0 Å². The van der Waals surface area contributed by atoms with Gasteiger partial charge >= 0.3 is 0 Å². The number of amides is 1. The Balaban J connectivity index is 2.77. The number of hydrogen-bond donors (Lipinski definition) is 2. The number of hydrogen-bond acceptors (Lipinski definition) is 3. The van der Waals surface area contributed by atoms with Gasteiger partial charge in [0.1, 0.15) is 6.10 Å². The minimum absolute atomic E-state index is 0.508. The first-order valence-corrected chi connectivity index (χ1v) is 4.66. The van der Waals surface area contributed by atoms with Gasteiger partial charge in [0, 0.05) is 14.1 Å². The summed E-state index contributed by atoms with van der Waals surface area (Å²) in [7, 11) is 3.06. The Morgan fingerprint density at radius 3 is 2.20 bits per heavy atom. The fraction of sp³-hybridized carbons (Fsp3) is 0.364. The molecule has 1 aromatic carbocycles. The van der Waals surface area contributed by atoms with Crippen LogP contribution in [0.1, 0.15) is 11.7 Å². The van der Waals surface area contributed by atoms with E-state index in [1.807, 2.05) is 0 Å². The van der Waals surface area contributed by atoms with Crippen LogP contribution in [0.25, 0.3) is 0 Å². The number of nitrogens with zero attached hydrogens (tertiary/aromatic N) is 1. The van der Waals surface area contributed by atoms with Crippen molar-refractivity contribution in [1.29, 1.82) is 0 Å². The molecule has 0 aliphatic rings. The minimum Gasteiger partial charge on any atom is -0.385 e. The molecule has 4 nitrogen and oxygen atoms in total. The van der Waals surface area contributed by atoms with Gasteiger partial charge in [-0.1, -0.05) is 30.3 Å². The van der Waals surface area contributed by atoms with E-state index >= 15 is 0 Å². The second kappa shape index (κ2) is 4.91. The molecule has 4 heteroatoms. The minimum atomic E-state index is -1.41. The third-order valence-electron chi connectivity index (χ3n) is 2.13. The molecule has 0 aliphatic heterocycles. The molecule has 0 saturated heterocycles. The van der Waals surface area contributed by atoms with E-state index < -0.39 is 18.1 Å². The fourth-order valence-electron chi connectivity index (χ4n) is 1.23. The Morgan fingerprint density at radius 1 is 1.20 bits per heavy atom. The zero-order valence-electron chi connectivity index (χ0n) is 8.79. The van der Waals surface area contributed by atoms with Crippen LogP contribution in [0.4, 0.5) is 0 Å². The van der Waals surface area contributed by atoms with Gasteiger partial charge in [-0.2, -0.15) is 0 Å². The molecule has 2 atom stereocenters. The lowest BCUT2D eigenvalue weighted by atomic mass is 10.0. The number of rotatable bonds is 3. The summed E-state index contributed by atoms with van der Waals surface area (Å²) >= 11 is 0. The molecule has 0 bridgehead atoms. The lowest BCUT2D eigenvalue weighted by Gasteiger charge is -2.20. The van der Waals surface area contributed by atoms with Crippen molar-refractivity contribution in [2.75, 3.05) is 14.1 Å². The highest BCUT2D eigenvalue weighted by Gasteiger charge is 2.26. The topological polar surface area (TPSA) is 60.8 Å². The number of benzene rings is 1. The van der Waals surface area contributed by atoms with Crippen molar-refractivity contribution >= 4 is 5.91 Å².